The van der Waals surface area contributed by atoms with Crippen LogP contribution in [0.15, 0.2) is 33.8 Å². The molecule has 1 N–H and O–H groups in total. The van der Waals surface area contributed by atoms with E-state index in [0.29, 0.717) is 5.76 Å². The van der Waals surface area contributed by atoms with E-state index >= 15 is 0 Å². The van der Waals surface area contributed by atoms with Crippen molar-refractivity contribution in [2.75, 3.05) is 11.9 Å². The molecule has 1 aromatic heterocycles. The minimum absolute atomic E-state index is 0.105. The third-order valence-corrected chi connectivity index (χ3v) is 3.11. The van der Waals surface area contributed by atoms with Gasteiger partial charge in [0.1, 0.15) is 12.3 Å². The summed E-state index contributed by atoms with van der Waals surface area (Å²) in [6.07, 6.45) is 0. The summed E-state index contributed by atoms with van der Waals surface area (Å²) in [5, 5.41) is 6.80. The molecule has 0 bridgehead atoms. The third-order valence-electron chi connectivity index (χ3n) is 3.11. The number of nitrogens with one attached hydrogen (secondary N) is 1. The van der Waals surface area contributed by atoms with Gasteiger partial charge in [-0.25, -0.2) is 0 Å². The summed E-state index contributed by atoms with van der Waals surface area (Å²) in [6.45, 7) is 3.83. The number of hydrogen-bond acceptors (Lipinski definition) is 4. The number of benzodiazepines with no additional fused rings is 1. The van der Waals surface area contributed by atoms with Gasteiger partial charge in [0.25, 0.3) is 0 Å². The van der Waals surface area contributed by atoms with Gasteiger partial charge in [-0.1, -0.05) is 23.4 Å². The second kappa shape index (κ2) is 4.35. The molecule has 1 aliphatic rings. The molecular weight excluding hydrogens is 242 g/mol. The Labute approximate surface area is 110 Å². The monoisotopic (exact) mass is 255 g/mol. The molecule has 1 amide bonds. The Kier molecular flexibility index (Phi) is 2.67. The Bertz CT molecular complexity index is 666. The third kappa shape index (κ3) is 1.93. The molecule has 0 atom stereocenters. The number of hydrogen-bond donors (Lipinski definition) is 1. The second-order valence-corrected chi connectivity index (χ2v) is 4.46. The van der Waals surface area contributed by atoms with Gasteiger partial charge in [-0.3, -0.25) is 9.79 Å². The quantitative estimate of drug-likeness (QED) is 0.848. The fourth-order valence-electron chi connectivity index (χ4n) is 2.26. The molecule has 0 radical (unpaired) electrons. The maximum atomic E-state index is 11.7. The molecule has 0 unspecified atom stereocenters. The average Bonchev–Trinajstić information content (AvgIpc) is 2.63. The largest absolute Gasteiger partial charge is 0.361 e. The molecule has 1 aromatic carbocycles. The number of carbonyl (C=O) groups is 1. The maximum absolute atomic E-state index is 11.7. The lowest BCUT2D eigenvalue weighted by molar-refractivity contribution is -0.114. The summed E-state index contributed by atoms with van der Waals surface area (Å²) in [5.41, 5.74) is 4.06. The Morgan fingerprint density at radius 2 is 2.05 bits per heavy atom. The highest BCUT2D eigenvalue weighted by Gasteiger charge is 2.22. The predicted octanol–water partition coefficient (Wildman–Crippen LogP) is 2.08. The molecule has 3 rings (SSSR count). The lowest BCUT2D eigenvalue weighted by atomic mass is 9.99. The van der Waals surface area contributed by atoms with E-state index in [1.165, 1.54) is 0 Å². The number of anilines is 1. The van der Waals surface area contributed by atoms with Gasteiger partial charge in [0.05, 0.1) is 22.7 Å². The fourth-order valence-corrected chi connectivity index (χ4v) is 2.26. The van der Waals surface area contributed by atoms with Crippen LogP contribution in [0.1, 0.15) is 22.6 Å². The van der Waals surface area contributed by atoms with Crippen LogP contribution in [0.2, 0.25) is 0 Å². The van der Waals surface area contributed by atoms with Crippen molar-refractivity contribution in [3.8, 4) is 0 Å². The van der Waals surface area contributed by atoms with Crippen LogP contribution < -0.4 is 5.32 Å². The summed E-state index contributed by atoms with van der Waals surface area (Å²) in [6, 6.07) is 7.61. The molecule has 0 aliphatic carbocycles. The van der Waals surface area contributed by atoms with E-state index in [0.717, 1.165) is 28.2 Å². The SMILES string of the molecule is Cc1noc(C)c1C1=NCC(=O)Nc2ccccc21. The number of para-hydroxylation sites is 1. The van der Waals surface area contributed by atoms with E-state index in [4.69, 9.17) is 4.52 Å². The van der Waals surface area contributed by atoms with Crippen LogP contribution in [0, 0.1) is 13.8 Å². The van der Waals surface area contributed by atoms with Gasteiger partial charge in [0.2, 0.25) is 5.91 Å². The number of fused-ring (bicyclic) bond motifs is 1. The lowest BCUT2D eigenvalue weighted by Gasteiger charge is -2.08. The average molecular weight is 255 g/mol. The summed E-state index contributed by atoms with van der Waals surface area (Å²) in [4.78, 5) is 16.1. The summed E-state index contributed by atoms with van der Waals surface area (Å²) >= 11 is 0. The molecule has 0 fully saturated rings. The number of amides is 1. The topological polar surface area (TPSA) is 67.5 Å². The van der Waals surface area contributed by atoms with E-state index < -0.39 is 0 Å². The smallest absolute Gasteiger partial charge is 0.246 e. The van der Waals surface area contributed by atoms with Crippen LogP contribution in [0.4, 0.5) is 5.69 Å². The fraction of sp³-hybridized carbons (Fsp3) is 0.214. The standard InChI is InChI=1S/C14H13N3O2/c1-8-13(9(2)19-17-8)14-10-5-3-4-6-11(10)16-12(18)7-15-14/h3-6H,7H2,1-2H3,(H,16,18). The highest BCUT2D eigenvalue weighted by molar-refractivity contribution is 6.19. The highest BCUT2D eigenvalue weighted by atomic mass is 16.5. The van der Waals surface area contributed by atoms with Crippen LogP contribution in [0.25, 0.3) is 0 Å². The second-order valence-electron chi connectivity index (χ2n) is 4.46. The zero-order valence-corrected chi connectivity index (χ0v) is 10.7. The molecule has 0 saturated carbocycles. The van der Waals surface area contributed by atoms with E-state index in [-0.39, 0.29) is 12.5 Å². The first-order valence-corrected chi connectivity index (χ1v) is 6.04. The van der Waals surface area contributed by atoms with E-state index in [1.54, 1.807) is 0 Å². The van der Waals surface area contributed by atoms with Crippen molar-refractivity contribution in [3.05, 3.63) is 46.8 Å². The van der Waals surface area contributed by atoms with Crippen molar-refractivity contribution >= 4 is 17.3 Å². The summed E-state index contributed by atoms with van der Waals surface area (Å²) in [7, 11) is 0. The van der Waals surface area contributed by atoms with Crippen LogP contribution in [0.5, 0.6) is 0 Å². The van der Waals surface area contributed by atoms with Gasteiger partial charge in [0, 0.05) is 5.56 Å². The van der Waals surface area contributed by atoms with E-state index in [2.05, 4.69) is 15.5 Å². The number of aliphatic imine (C=N–C) groups is 1. The van der Waals surface area contributed by atoms with Gasteiger partial charge < -0.3 is 9.84 Å². The molecule has 96 valence electrons. The molecule has 5 heteroatoms. The minimum atomic E-state index is -0.116. The van der Waals surface area contributed by atoms with E-state index in [1.807, 2.05) is 38.1 Å². The van der Waals surface area contributed by atoms with Crippen molar-refractivity contribution in [2.24, 2.45) is 4.99 Å². The van der Waals surface area contributed by atoms with Crippen LogP contribution >= 0.6 is 0 Å². The number of aromatic nitrogens is 1. The zero-order valence-electron chi connectivity index (χ0n) is 10.7. The summed E-state index contributed by atoms with van der Waals surface area (Å²) in [5.74, 6) is 0.592. The highest BCUT2D eigenvalue weighted by Crippen LogP contribution is 2.25. The van der Waals surface area contributed by atoms with Crippen molar-refractivity contribution in [3.63, 3.8) is 0 Å². The number of carbonyl (C=O) groups excluding carboxylic acids is 1. The molecular formula is C14H13N3O2. The Morgan fingerprint density at radius 1 is 1.26 bits per heavy atom. The Balaban J connectivity index is 2.23. The number of nitrogens with zero attached hydrogens (tertiary/aromatic N) is 2. The molecule has 2 heterocycles. The molecule has 0 saturated heterocycles. The van der Waals surface area contributed by atoms with Gasteiger partial charge in [-0.15, -0.1) is 0 Å². The molecule has 1 aliphatic heterocycles. The summed E-state index contributed by atoms with van der Waals surface area (Å²) < 4.78 is 5.20. The normalized spacial score (nSPS) is 14.4. The van der Waals surface area contributed by atoms with Gasteiger partial charge in [-0.05, 0) is 19.9 Å². The molecule has 0 spiro atoms. The van der Waals surface area contributed by atoms with Crippen molar-refractivity contribution in [2.45, 2.75) is 13.8 Å². The van der Waals surface area contributed by atoms with Gasteiger partial charge in [0.15, 0.2) is 0 Å². The Hall–Kier alpha value is -2.43. The van der Waals surface area contributed by atoms with Crippen molar-refractivity contribution in [1.29, 1.82) is 0 Å². The number of benzene rings is 1. The first-order chi connectivity index (χ1) is 9.16. The molecule has 5 nitrogen and oxygen atoms in total. The van der Waals surface area contributed by atoms with Crippen LogP contribution in [-0.2, 0) is 4.79 Å². The molecule has 2 aromatic rings. The van der Waals surface area contributed by atoms with Crippen LogP contribution in [0.3, 0.4) is 0 Å². The number of rotatable bonds is 1. The first kappa shape index (κ1) is 11.6. The molecule has 19 heavy (non-hydrogen) atoms. The lowest BCUT2D eigenvalue weighted by Crippen LogP contribution is -2.13. The predicted molar refractivity (Wildman–Crippen MR) is 71.6 cm³/mol. The van der Waals surface area contributed by atoms with Crippen LogP contribution in [-0.4, -0.2) is 23.3 Å². The van der Waals surface area contributed by atoms with Crippen molar-refractivity contribution in [1.82, 2.24) is 5.16 Å². The maximum Gasteiger partial charge on any atom is 0.246 e. The van der Waals surface area contributed by atoms with Gasteiger partial charge in [-0.2, -0.15) is 0 Å². The van der Waals surface area contributed by atoms with E-state index in [9.17, 15) is 4.79 Å². The number of aryl methyl sites for hydroxylation is 2. The zero-order chi connectivity index (χ0) is 13.4. The van der Waals surface area contributed by atoms with Gasteiger partial charge >= 0.3 is 0 Å². The Morgan fingerprint density at radius 3 is 2.79 bits per heavy atom. The minimum Gasteiger partial charge on any atom is -0.361 e. The first-order valence-electron chi connectivity index (χ1n) is 6.04. The van der Waals surface area contributed by atoms with Crippen molar-refractivity contribution < 1.29 is 9.32 Å².